The van der Waals surface area contributed by atoms with E-state index < -0.39 is 18.0 Å². The molecule has 28 heavy (non-hydrogen) atoms. The molecule has 2 rings (SSSR count). The van der Waals surface area contributed by atoms with E-state index in [0.717, 1.165) is 0 Å². The van der Waals surface area contributed by atoms with Crippen LogP contribution in [0.15, 0.2) is 36.5 Å². The highest BCUT2D eigenvalue weighted by Crippen LogP contribution is 2.14. The molecule has 2 amide bonds. The summed E-state index contributed by atoms with van der Waals surface area (Å²) in [7, 11) is 0. The molecule has 1 heterocycles. The molecule has 9 heteroatoms. The smallest absolute Gasteiger partial charge is 0.308 e. The average Bonchev–Trinajstić information content (AvgIpc) is 3.10. The Morgan fingerprint density at radius 1 is 1.14 bits per heavy atom. The highest BCUT2D eigenvalue weighted by atomic mass is 35.5. The topological polar surface area (TPSA) is 102 Å². The maximum atomic E-state index is 12.2. The molecule has 2 aromatic rings. The third-order valence-corrected chi connectivity index (χ3v) is 4.06. The summed E-state index contributed by atoms with van der Waals surface area (Å²) in [6.45, 7) is 5.44. The van der Waals surface area contributed by atoms with Crippen molar-refractivity contribution in [3.05, 3.63) is 47.1 Å². The van der Waals surface area contributed by atoms with Gasteiger partial charge in [0.15, 0.2) is 6.10 Å². The molecule has 2 N–H and O–H groups in total. The van der Waals surface area contributed by atoms with Crippen LogP contribution in [0.2, 0.25) is 5.02 Å². The first-order valence-electron chi connectivity index (χ1n) is 8.85. The number of ether oxygens (including phenoxy) is 1. The van der Waals surface area contributed by atoms with Crippen LogP contribution in [-0.4, -0.2) is 40.2 Å². The lowest BCUT2D eigenvalue weighted by molar-refractivity contribution is -0.153. The lowest BCUT2D eigenvalue weighted by atomic mass is 10.2. The molecule has 1 atom stereocenters. The lowest BCUT2D eigenvalue weighted by Gasteiger charge is -2.15. The highest BCUT2D eigenvalue weighted by Gasteiger charge is 2.19. The Hall–Kier alpha value is -2.87. The zero-order valence-corrected chi connectivity index (χ0v) is 16.7. The van der Waals surface area contributed by atoms with Gasteiger partial charge in [-0.05, 0) is 45.0 Å². The standard InChI is InChI=1S/C19H23ClN4O4/c1-12(2)24-16(8-11-22-24)23-18(26)13(3)28-17(25)9-10-21-19(27)14-4-6-15(20)7-5-14/h4-8,11-13H,9-10H2,1-3H3,(H,21,27)(H,23,26)/t13-/m0/s1. The van der Waals surface area contributed by atoms with Gasteiger partial charge in [0.1, 0.15) is 5.82 Å². The Bertz CT molecular complexity index is 833. The number of carbonyl (C=O) groups excluding carboxylic acids is 3. The first-order valence-corrected chi connectivity index (χ1v) is 9.23. The quantitative estimate of drug-likeness (QED) is 0.656. The van der Waals surface area contributed by atoms with Crippen LogP contribution >= 0.6 is 11.6 Å². The number of nitrogens with zero attached hydrogens (tertiary/aromatic N) is 2. The summed E-state index contributed by atoms with van der Waals surface area (Å²) in [5.41, 5.74) is 0.437. The molecule has 150 valence electrons. The largest absolute Gasteiger partial charge is 0.452 e. The van der Waals surface area contributed by atoms with Gasteiger partial charge >= 0.3 is 5.97 Å². The van der Waals surface area contributed by atoms with Gasteiger partial charge in [0.25, 0.3) is 11.8 Å². The van der Waals surface area contributed by atoms with Crippen molar-refractivity contribution in [1.82, 2.24) is 15.1 Å². The number of rotatable bonds is 8. The molecule has 0 fully saturated rings. The maximum Gasteiger partial charge on any atom is 0.308 e. The lowest BCUT2D eigenvalue weighted by Crippen LogP contribution is -2.32. The van der Waals surface area contributed by atoms with Crippen molar-refractivity contribution in [1.29, 1.82) is 0 Å². The van der Waals surface area contributed by atoms with Crippen LogP contribution < -0.4 is 10.6 Å². The number of carbonyl (C=O) groups is 3. The molecule has 0 aliphatic rings. The van der Waals surface area contributed by atoms with Crippen molar-refractivity contribution in [2.24, 2.45) is 0 Å². The molecule has 0 bridgehead atoms. The molecule has 1 aromatic heterocycles. The minimum absolute atomic E-state index is 0.0547. The fraction of sp³-hybridized carbons (Fsp3) is 0.368. The zero-order valence-electron chi connectivity index (χ0n) is 15.9. The van der Waals surface area contributed by atoms with Crippen LogP contribution in [0.25, 0.3) is 0 Å². The molecule has 0 radical (unpaired) electrons. The van der Waals surface area contributed by atoms with Crippen molar-refractivity contribution >= 4 is 35.2 Å². The number of anilines is 1. The van der Waals surface area contributed by atoms with Crippen molar-refractivity contribution in [2.45, 2.75) is 39.3 Å². The van der Waals surface area contributed by atoms with E-state index in [1.807, 2.05) is 13.8 Å². The van der Waals surface area contributed by atoms with E-state index in [9.17, 15) is 14.4 Å². The van der Waals surface area contributed by atoms with E-state index in [2.05, 4.69) is 15.7 Å². The SMILES string of the molecule is CC(C)n1nccc1NC(=O)[C@H](C)OC(=O)CCNC(=O)c1ccc(Cl)cc1. The Kier molecular flexibility index (Phi) is 7.57. The molecule has 0 spiro atoms. The molecule has 0 unspecified atom stereocenters. The minimum Gasteiger partial charge on any atom is -0.452 e. The van der Waals surface area contributed by atoms with Crippen molar-refractivity contribution in [2.75, 3.05) is 11.9 Å². The molecular weight excluding hydrogens is 384 g/mol. The third-order valence-electron chi connectivity index (χ3n) is 3.81. The van der Waals surface area contributed by atoms with Gasteiger partial charge in [-0.3, -0.25) is 14.4 Å². The van der Waals surface area contributed by atoms with Crippen LogP contribution in [0.3, 0.4) is 0 Å². The van der Waals surface area contributed by atoms with Crippen LogP contribution in [-0.2, 0) is 14.3 Å². The fourth-order valence-corrected chi connectivity index (χ4v) is 2.47. The van der Waals surface area contributed by atoms with Gasteiger partial charge in [0, 0.05) is 29.2 Å². The van der Waals surface area contributed by atoms with Gasteiger partial charge in [-0.15, -0.1) is 0 Å². The number of amides is 2. The number of hydrogen-bond donors (Lipinski definition) is 2. The first-order chi connectivity index (χ1) is 13.3. The summed E-state index contributed by atoms with van der Waals surface area (Å²) in [4.78, 5) is 36.1. The van der Waals surface area contributed by atoms with Crippen LogP contribution in [0, 0.1) is 0 Å². The Morgan fingerprint density at radius 3 is 2.46 bits per heavy atom. The second-order valence-electron chi connectivity index (χ2n) is 6.39. The summed E-state index contributed by atoms with van der Waals surface area (Å²) in [6, 6.07) is 8.13. The Morgan fingerprint density at radius 2 is 1.82 bits per heavy atom. The van der Waals surface area contributed by atoms with Crippen molar-refractivity contribution in [3.8, 4) is 0 Å². The summed E-state index contributed by atoms with van der Waals surface area (Å²) in [6.07, 6.45) is 0.547. The van der Waals surface area contributed by atoms with Crippen molar-refractivity contribution < 1.29 is 19.1 Å². The predicted molar refractivity (Wildman–Crippen MR) is 105 cm³/mol. The van der Waals surface area contributed by atoms with Crippen LogP contribution in [0.4, 0.5) is 5.82 Å². The van der Waals surface area contributed by atoms with Crippen LogP contribution in [0.5, 0.6) is 0 Å². The molecule has 0 saturated heterocycles. The molecular formula is C19H23ClN4O4. The second kappa shape index (κ2) is 9.89. The van der Waals surface area contributed by atoms with E-state index in [-0.39, 0.29) is 24.9 Å². The van der Waals surface area contributed by atoms with E-state index in [1.54, 1.807) is 41.2 Å². The number of esters is 1. The van der Waals surface area contributed by atoms with Crippen molar-refractivity contribution in [3.63, 3.8) is 0 Å². The van der Waals surface area contributed by atoms with Gasteiger partial charge in [-0.25, -0.2) is 4.68 Å². The van der Waals surface area contributed by atoms with Gasteiger partial charge in [-0.2, -0.15) is 5.10 Å². The Labute approximate surface area is 168 Å². The highest BCUT2D eigenvalue weighted by molar-refractivity contribution is 6.30. The van der Waals surface area contributed by atoms with Gasteiger partial charge in [0.05, 0.1) is 12.6 Å². The zero-order chi connectivity index (χ0) is 20.7. The normalized spacial score (nSPS) is 11.8. The van der Waals surface area contributed by atoms with Crippen LogP contribution in [0.1, 0.15) is 43.6 Å². The average molecular weight is 407 g/mol. The summed E-state index contributed by atoms with van der Waals surface area (Å²) < 4.78 is 6.77. The van der Waals surface area contributed by atoms with Gasteiger partial charge in [0.2, 0.25) is 0 Å². The number of nitrogens with one attached hydrogen (secondary N) is 2. The molecule has 1 aromatic carbocycles. The number of aromatic nitrogens is 2. The van der Waals surface area contributed by atoms with E-state index in [1.165, 1.54) is 6.92 Å². The molecule has 8 nitrogen and oxygen atoms in total. The predicted octanol–water partition coefficient (Wildman–Crippen LogP) is 2.81. The molecule has 0 saturated carbocycles. The van der Waals surface area contributed by atoms with E-state index in [4.69, 9.17) is 16.3 Å². The van der Waals surface area contributed by atoms with E-state index >= 15 is 0 Å². The second-order valence-corrected chi connectivity index (χ2v) is 6.83. The monoisotopic (exact) mass is 406 g/mol. The van der Waals surface area contributed by atoms with E-state index in [0.29, 0.717) is 16.4 Å². The molecule has 0 aliphatic carbocycles. The summed E-state index contributed by atoms with van der Waals surface area (Å²) in [5, 5.41) is 9.95. The fourth-order valence-electron chi connectivity index (χ4n) is 2.34. The third kappa shape index (κ3) is 6.09. The number of hydrogen-bond acceptors (Lipinski definition) is 5. The minimum atomic E-state index is -0.977. The van der Waals surface area contributed by atoms with Gasteiger partial charge < -0.3 is 15.4 Å². The summed E-state index contributed by atoms with van der Waals surface area (Å²) in [5.74, 6) is -0.840. The number of halogens is 1. The summed E-state index contributed by atoms with van der Waals surface area (Å²) >= 11 is 5.77. The Balaban J connectivity index is 1.75. The number of benzene rings is 1. The van der Waals surface area contributed by atoms with Gasteiger partial charge in [-0.1, -0.05) is 11.6 Å². The first kappa shape index (κ1) is 21.4. The molecule has 0 aliphatic heterocycles. The maximum absolute atomic E-state index is 12.2.